The van der Waals surface area contributed by atoms with Gasteiger partial charge in [-0.25, -0.2) is 0 Å². The molecule has 1 aromatic carbocycles. The number of aryl methyl sites for hydroxylation is 1. The first-order chi connectivity index (χ1) is 14.4. The van der Waals surface area contributed by atoms with Crippen molar-refractivity contribution in [2.75, 3.05) is 19.7 Å². The number of benzene rings is 1. The molecule has 6 nitrogen and oxygen atoms in total. The van der Waals surface area contributed by atoms with Crippen LogP contribution in [0.15, 0.2) is 34.9 Å². The minimum atomic E-state index is -0.786. The van der Waals surface area contributed by atoms with Crippen LogP contribution in [0.4, 0.5) is 0 Å². The van der Waals surface area contributed by atoms with Crippen molar-refractivity contribution in [3.05, 3.63) is 41.7 Å². The second-order valence-corrected chi connectivity index (χ2v) is 8.91. The standard InChI is InChI=1S/C24H30N2O4/c1-4-29-23(28)24(9-6-10-26(15-24)22(27)20-12-17(20)3)14-19-13-21(25-30-19)18-8-5-7-16(2)11-18/h5,7-8,11,13,17,20H,4,6,9-10,12,14-15H2,1-3H3/t17-,20+,24-/m0/s1. The van der Waals surface area contributed by atoms with E-state index in [1.807, 2.05) is 43.0 Å². The number of likely N-dealkylation sites (tertiary alicyclic amines) is 1. The first-order valence-electron chi connectivity index (χ1n) is 10.9. The van der Waals surface area contributed by atoms with Crippen molar-refractivity contribution in [2.45, 2.75) is 46.5 Å². The summed E-state index contributed by atoms with van der Waals surface area (Å²) in [5, 5.41) is 4.22. The Hall–Kier alpha value is -2.63. The van der Waals surface area contributed by atoms with Crippen LogP contribution < -0.4 is 0 Å². The van der Waals surface area contributed by atoms with Crippen molar-refractivity contribution in [3.8, 4) is 11.3 Å². The predicted molar refractivity (Wildman–Crippen MR) is 113 cm³/mol. The molecule has 0 bridgehead atoms. The molecule has 2 aliphatic rings. The molecule has 4 rings (SSSR count). The predicted octanol–water partition coefficient (Wildman–Crippen LogP) is 4.02. The van der Waals surface area contributed by atoms with E-state index in [4.69, 9.17) is 9.26 Å². The summed E-state index contributed by atoms with van der Waals surface area (Å²) in [6.07, 6.45) is 2.79. The summed E-state index contributed by atoms with van der Waals surface area (Å²) >= 11 is 0. The Labute approximate surface area is 177 Å². The summed E-state index contributed by atoms with van der Waals surface area (Å²) in [5.74, 6) is 1.13. The number of hydrogen-bond donors (Lipinski definition) is 0. The van der Waals surface area contributed by atoms with Gasteiger partial charge < -0.3 is 14.2 Å². The van der Waals surface area contributed by atoms with Gasteiger partial charge in [-0.2, -0.15) is 0 Å². The second-order valence-electron chi connectivity index (χ2n) is 8.91. The summed E-state index contributed by atoms with van der Waals surface area (Å²) in [5.41, 5.74) is 2.10. The van der Waals surface area contributed by atoms with Crippen molar-refractivity contribution >= 4 is 11.9 Å². The van der Waals surface area contributed by atoms with Gasteiger partial charge in [0.25, 0.3) is 0 Å². The highest BCUT2D eigenvalue weighted by molar-refractivity contribution is 5.84. The Kier molecular flexibility index (Phi) is 5.67. The molecule has 0 spiro atoms. The van der Waals surface area contributed by atoms with Crippen molar-refractivity contribution in [3.63, 3.8) is 0 Å². The quantitative estimate of drug-likeness (QED) is 0.673. The van der Waals surface area contributed by atoms with E-state index in [1.165, 1.54) is 0 Å². The van der Waals surface area contributed by atoms with Crippen LogP contribution in [-0.4, -0.2) is 41.6 Å². The number of carbonyl (C=O) groups is 2. The summed E-state index contributed by atoms with van der Waals surface area (Å²) in [4.78, 5) is 27.8. The minimum Gasteiger partial charge on any atom is -0.466 e. The van der Waals surface area contributed by atoms with Crippen LogP contribution in [0.2, 0.25) is 0 Å². The van der Waals surface area contributed by atoms with Gasteiger partial charge in [0.05, 0.1) is 12.0 Å². The number of ether oxygens (including phenoxy) is 1. The van der Waals surface area contributed by atoms with Crippen molar-refractivity contribution in [1.82, 2.24) is 10.1 Å². The SMILES string of the molecule is CCOC(=O)[C@]1(Cc2cc(-c3cccc(C)c3)no2)CCCN(C(=O)[C@@H]2C[C@@H]2C)C1. The van der Waals surface area contributed by atoms with E-state index in [1.54, 1.807) is 0 Å². The molecule has 6 heteroatoms. The third-order valence-corrected chi connectivity index (χ3v) is 6.41. The lowest BCUT2D eigenvalue weighted by atomic mass is 9.76. The molecule has 1 aromatic heterocycles. The van der Waals surface area contributed by atoms with Crippen molar-refractivity contribution in [2.24, 2.45) is 17.3 Å². The largest absolute Gasteiger partial charge is 0.466 e. The van der Waals surface area contributed by atoms with Crippen LogP contribution in [0.1, 0.15) is 44.4 Å². The molecule has 2 aromatic rings. The van der Waals surface area contributed by atoms with Gasteiger partial charge in [-0.3, -0.25) is 9.59 Å². The summed E-state index contributed by atoms with van der Waals surface area (Å²) < 4.78 is 11.1. The lowest BCUT2D eigenvalue weighted by Gasteiger charge is -2.40. The van der Waals surface area contributed by atoms with Gasteiger partial charge in [0.1, 0.15) is 11.5 Å². The highest BCUT2D eigenvalue weighted by atomic mass is 16.5. The Bertz CT molecular complexity index is 937. The number of aromatic nitrogens is 1. The number of nitrogens with zero attached hydrogens (tertiary/aromatic N) is 2. The zero-order valence-electron chi connectivity index (χ0n) is 18.0. The van der Waals surface area contributed by atoms with Crippen LogP contribution in [0.5, 0.6) is 0 Å². The molecule has 30 heavy (non-hydrogen) atoms. The lowest BCUT2D eigenvalue weighted by molar-refractivity contribution is -0.161. The van der Waals surface area contributed by atoms with Crippen molar-refractivity contribution in [1.29, 1.82) is 0 Å². The maximum atomic E-state index is 13.0. The average Bonchev–Trinajstić information content (AvgIpc) is 3.28. The molecular formula is C24H30N2O4. The average molecular weight is 411 g/mol. The number of rotatable bonds is 6. The van der Waals surface area contributed by atoms with E-state index in [9.17, 15) is 9.59 Å². The van der Waals surface area contributed by atoms with Gasteiger partial charge in [-0.15, -0.1) is 0 Å². The lowest BCUT2D eigenvalue weighted by Crippen LogP contribution is -2.52. The van der Waals surface area contributed by atoms with E-state index in [0.29, 0.717) is 44.2 Å². The molecular weight excluding hydrogens is 380 g/mol. The van der Waals surface area contributed by atoms with Gasteiger partial charge in [0.2, 0.25) is 5.91 Å². The maximum absolute atomic E-state index is 13.0. The molecule has 2 fully saturated rings. The van der Waals surface area contributed by atoms with E-state index >= 15 is 0 Å². The molecule has 0 N–H and O–H groups in total. The van der Waals surface area contributed by atoms with Gasteiger partial charge in [0, 0.05) is 37.1 Å². The normalized spacial score (nSPS) is 25.8. The molecule has 1 saturated carbocycles. The molecule has 1 amide bonds. The number of hydrogen-bond acceptors (Lipinski definition) is 5. The fraction of sp³-hybridized carbons (Fsp3) is 0.542. The Balaban J connectivity index is 1.57. The van der Waals surface area contributed by atoms with E-state index in [0.717, 1.165) is 29.7 Å². The number of esters is 1. The highest BCUT2D eigenvalue weighted by Crippen LogP contribution is 2.42. The number of carbonyl (C=O) groups excluding carboxylic acids is 2. The fourth-order valence-corrected chi connectivity index (χ4v) is 4.56. The van der Waals surface area contributed by atoms with Crippen LogP contribution in [-0.2, 0) is 20.7 Å². The summed E-state index contributed by atoms with van der Waals surface area (Å²) in [6, 6.07) is 9.98. The summed E-state index contributed by atoms with van der Waals surface area (Å²) in [6.45, 7) is 7.36. The zero-order valence-corrected chi connectivity index (χ0v) is 18.0. The Morgan fingerprint density at radius 1 is 1.33 bits per heavy atom. The molecule has 1 aliphatic heterocycles. The van der Waals surface area contributed by atoms with Crippen LogP contribution in [0, 0.1) is 24.2 Å². The molecule has 1 aliphatic carbocycles. The zero-order chi connectivity index (χ0) is 21.3. The Morgan fingerprint density at radius 3 is 2.83 bits per heavy atom. The topological polar surface area (TPSA) is 72.6 Å². The van der Waals surface area contributed by atoms with Gasteiger partial charge in [-0.1, -0.05) is 35.8 Å². The van der Waals surface area contributed by atoms with E-state index in [-0.39, 0.29) is 17.8 Å². The van der Waals surface area contributed by atoms with Crippen molar-refractivity contribution < 1.29 is 18.8 Å². The first-order valence-corrected chi connectivity index (χ1v) is 10.9. The van der Waals surface area contributed by atoms with Crippen LogP contribution in [0.3, 0.4) is 0 Å². The molecule has 2 heterocycles. The Morgan fingerprint density at radius 2 is 2.13 bits per heavy atom. The minimum absolute atomic E-state index is 0.112. The van der Waals surface area contributed by atoms with Gasteiger partial charge in [0.15, 0.2) is 0 Å². The summed E-state index contributed by atoms with van der Waals surface area (Å²) in [7, 11) is 0. The van der Waals surface area contributed by atoms with Gasteiger partial charge in [-0.05, 0) is 45.1 Å². The fourth-order valence-electron chi connectivity index (χ4n) is 4.56. The monoisotopic (exact) mass is 410 g/mol. The third kappa shape index (κ3) is 4.13. The third-order valence-electron chi connectivity index (χ3n) is 6.41. The molecule has 160 valence electrons. The van der Waals surface area contributed by atoms with Crippen LogP contribution >= 0.6 is 0 Å². The molecule has 1 saturated heterocycles. The number of amides is 1. The van der Waals surface area contributed by atoms with E-state index < -0.39 is 5.41 Å². The van der Waals surface area contributed by atoms with E-state index in [2.05, 4.69) is 18.1 Å². The number of piperidine rings is 1. The molecule has 0 unspecified atom stereocenters. The van der Waals surface area contributed by atoms with Crippen LogP contribution in [0.25, 0.3) is 11.3 Å². The van der Waals surface area contributed by atoms with Gasteiger partial charge >= 0.3 is 5.97 Å². The highest BCUT2D eigenvalue weighted by Gasteiger charge is 2.49. The molecule has 3 atom stereocenters. The molecule has 0 radical (unpaired) electrons. The second kappa shape index (κ2) is 8.25. The smallest absolute Gasteiger partial charge is 0.314 e. The maximum Gasteiger partial charge on any atom is 0.314 e. The first kappa shape index (κ1) is 20.6.